The lowest BCUT2D eigenvalue weighted by Crippen LogP contribution is -2.11. The lowest BCUT2D eigenvalue weighted by atomic mass is 10.0. The number of para-hydroxylation sites is 3. The summed E-state index contributed by atoms with van der Waals surface area (Å²) in [5.74, 6) is 0.522. The third kappa shape index (κ3) is 2.98. The van der Waals surface area contributed by atoms with Crippen LogP contribution in [0.25, 0.3) is 53.6 Å². The molecule has 0 atom stereocenters. The van der Waals surface area contributed by atoms with Gasteiger partial charge in [-0.15, -0.1) is 0 Å². The van der Waals surface area contributed by atoms with Gasteiger partial charge in [0, 0.05) is 21.2 Å². The Hall–Kier alpha value is -3.96. The summed E-state index contributed by atoms with van der Waals surface area (Å²) in [4.78, 5) is 19.3. The zero-order valence-corrected chi connectivity index (χ0v) is 20.3. The minimum atomic E-state index is -0.00767. The Labute approximate surface area is 205 Å². The van der Waals surface area contributed by atoms with Crippen LogP contribution in [0.4, 0.5) is 0 Å². The molecular formula is C30H23N3OS. The standard InChI is InChI=1S/C30H23N3OS/c1-18(2)16-19-8-7-13-26-28(19)31-30-33(26)29(34)23-15-14-20(17-27(23)35-30)32-24-11-5-3-9-21(24)22-10-4-6-12-25(22)32/h3-15,17-18H,16H2,1-2H3. The second-order valence-electron chi connectivity index (χ2n) is 9.57. The molecule has 0 spiro atoms. The van der Waals surface area contributed by atoms with Crippen LogP contribution in [0.15, 0.2) is 89.7 Å². The molecule has 0 aliphatic rings. The summed E-state index contributed by atoms with van der Waals surface area (Å²) in [6.07, 6.45) is 0.942. The Balaban J connectivity index is 1.52. The molecule has 5 heteroatoms. The predicted octanol–water partition coefficient (Wildman–Crippen LogP) is 7.36. The van der Waals surface area contributed by atoms with Gasteiger partial charge in [-0.2, -0.15) is 0 Å². The second kappa shape index (κ2) is 7.52. The highest BCUT2D eigenvalue weighted by atomic mass is 32.1. The van der Waals surface area contributed by atoms with Crippen LogP contribution in [0.2, 0.25) is 0 Å². The van der Waals surface area contributed by atoms with Gasteiger partial charge in [0.05, 0.1) is 27.5 Å². The van der Waals surface area contributed by atoms with Crippen molar-refractivity contribution < 1.29 is 0 Å². The van der Waals surface area contributed by atoms with Gasteiger partial charge in [0.25, 0.3) is 5.56 Å². The molecule has 0 radical (unpaired) electrons. The molecule has 7 rings (SSSR count). The van der Waals surface area contributed by atoms with Gasteiger partial charge >= 0.3 is 0 Å². The Morgan fingerprint density at radius 3 is 2.20 bits per heavy atom. The third-order valence-corrected chi connectivity index (χ3v) is 7.82. The van der Waals surface area contributed by atoms with Crippen molar-refractivity contribution in [3.8, 4) is 5.69 Å². The molecule has 35 heavy (non-hydrogen) atoms. The Morgan fingerprint density at radius 1 is 0.800 bits per heavy atom. The SMILES string of the molecule is CC(C)Cc1cccc2c1nc1sc3cc(-n4c5ccccc5c5ccccc54)ccc3c(=O)n12. The molecule has 0 fully saturated rings. The maximum absolute atomic E-state index is 13.6. The molecule has 3 aromatic heterocycles. The number of benzene rings is 4. The molecule has 0 saturated carbocycles. The van der Waals surface area contributed by atoms with Crippen LogP contribution in [-0.4, -0.2) is 14.0 Å². The summed E-state index contributed by atoms with van der Waals surface area (Å²) in [7, 11) is 0. The Kier molecular flexibility index (Phi) is 4.39. The van der Waals surface area contributed by atoms with E-state index in [4.69, 9.17) is 4.98 Å². The summed E-state index contributed by atoms with van der Waals surface area (Å²) in [5.41, 5.74) is 6.39. The first kappa shape index (κ1) is 20.4. The zero-order chi connectivity index (χ0) is 23.7. The van der Waals surface area contributed by atoms with Crippen molar-refractivity contribution in [2.75, 3.05) is 0 Å². The van der Waals surface area contributed by atoms with Gasteiger partial charge in [-0.1, -0.05) is 73.7 Å². The lowest BCUT2D eigenvalue weighted by molar-refractivity contribution is 0.649. The van der Waals surface area contributed by atoms with Gasteiger partial charge in [0.2, 0.25) is 0 Å². The molecule has 0 saturated heterocycles. The van der Waals surface area contributed by atoms with Crippen molar-refractivity contribution >= 4 is 59.2 Å². The summed E-state index contributed by atoms with van der Waals surface area (Å²) in [6, 6.07) is 29.3. The number of imidazole rings is 1. The molecule has 3 heterocycles. The summed E-state index contributed by atoms with van der Waals surface area (Å²) in [6.45, 7) is 4.42. The van der Waals surface area contributed by atoms with Crippen molar-refractivity contribution in [3.05, 3.63) is 101 Å². The first-order valence-corrected chi connectivity index (χ1v) is 12.8. The van der Waals surface area contributed by atoms with Crippen molar-refractivity contribution in [3.63, 3.8) is 0 Å². The number of rotatable bonds is 3. The van der Waals surface area contributed by atoms with Gasteiger partial charge in [0.15, 0.2) is 4.96 Å². The van der Waals surface area contributed by atoms with Crippen LogP contribution >= 0.6 is 11.3 Å². The van der Waals surface area contributed by atoms with E-state index >= 15 is 0 Å². The number of fused-ring (bicyclic) bond motifs is 7. The van der Waals surface area contributed by atoms with E-state index in [1.165, 1.54) is 16.3 Å². The van der Waals surface area contributed by atoms with Gasteiger partial charge in [-0.25, -0.2) is 9.38 Å². The fourth-order valence-electron chi connectivity index (χ4n) is 5.34. The number of aromatic nitrogens is 3. The van der Waals surface area contributed by atoms with Crippen LogP contribution in [0.5, 0.6) is 0 Å². The molecule has 170 valence electrons. The van der Waals surface area contributed by atoms with Crippen molar-refractivity contribution in [1.29, 1.82) is 0 Å². The van der Waals surface area contributed by atoms with Gasteiger partial charge < -0.3 is 4.57 Å². The maximum atomic E-state index is 13.6. The van der Waals surface area contributed by atoms with Crippen molar-refractivity contribution in [2.45, 2.75) is 20.3 Å². The van der Waals surface area contributed by atoms with Crippen LogP contribution in [0.1, 0.15) is 19.4 Å². The van der Waals surface area contributed by atoms with E-state index in [0.717, 1.165) is 49.2 Å². The zero-order valence-electron chi connectivity index (χ0n) is 19.5. The molecular weight excluding hydrogens is 450 g/mol. The molecule has 7 aromatic rings. The van der Waals surface area contributed by atoms with E-state index < -0.39 is 0 Å². The topological polar surface area (TPSA) is 39.3 Å². The number of nitrogens with zero attached hydrogens (tertiary/aromatic N) is 3. The highest BCUT2D eigenvalue weighted by Crippen LogP contribution is 2.34. The average Bonchev–Trinajstić information content (AvgIpc) is 3.40. The minimum absolute atomic E-state index is 0.00767. The highest BCUT2D eigenvalue weighted by Gasteiger charge is 2.16. The normalized spacial score (nSPS) is 12.2. The van der Waals surface area contributed by atoms with Crippen molar-refractivity contribution in [2.24, 2.45) is 5.92 Å². The predicted molar refractivity (Wildman–Crippen MR) is 147 cm³/mol. The van der Waals surface area contributed by atoms with Crippen LogP contribution < -0.4 is 5.56 Å². The molecule has 0 aliphatic carbocycles. The molecule has 4 nitrogen and oxygen atoms in total. The molecule has 0 bridgehead atoms. The Bertz CT molecular complexity index is 1940. The quantitative estimate of drug-likeness (QED) is 0.269. The first-order chi connectivity index (χ1) is 17.1. The van der Waals surface area contributed by atoms with Gasteiger partial charge in [-0.05, 0) is 54.3 Å². The average molecular weight is 474 g/mol. The number of hydrogen-bond acceptors (Lipinski definition) is 3. The largest absolute Gasteiger partial charge is 0.309 e. The van der Waals surface area contributed by atoms with Crippen LogP contribution in [-0.2, 0) is 6.42 Å². The smallest absolute Gasteiger partial charge is 0.266 e. The molecule has 0 N–H and O–H groups in total. The maximum Gasteiger partial charge on any atom is 0.266 e. The van der Waals surface area contributed by atoms with Crippen LogP contribution in [0, 0.1) is 5.92 Å². The summed E-state index contributed by atoms with van der Waals surface area (Å²) >= 11 is 1.58. The molecule has 0 amide bonds. The minimum Gasteiger partial charge on any atom is -0.309 e. The molecule has 0 aliphatic heterocycles. The fourth-order valence-corrected chi connectivity index (χ4v) is 6.39. The monoisotopic (exact) mass is 473 g/mol. The fraction of sp³-hybridized carbons (Fsp3) is 0.133. The summed E-state index contributed by atoms with van der Waals surface area (Å²) in [5, 5.41) is 3.17. The number of hydrogen-bond donors (Lipinski definition) is 0. The molecule has 4 aromatic carbocycles. The summed E-state index contributed by atoms with van der Waals surface area (Å²) < 4.78 is 5.02. The van der Waals surface area contributed by atoms with E-state index in [2.05, 4.69) is 85.1 Å². The Morgan fingerprint density at radius 2 is 1.49 bits per heavy atom. The van der Waals surface area contributed by atoms with E-state index in [1.807, 2.05) is 18.2 Å². The lowest BCUT2D eigenvalue weighted by Gasteiger charge is -2.09. The van der Waals surface area contributed by atoms with Gasteiger partial charge in [0.1, 0.15) is 0 Å². The third-order valence-electron chi connectivity index (χ3n) is 6.80. The second-order valence-corrected chi connectivity index (χ2v) is 10.6. The van der Waals surface area contributed by atoms with E-state index in [-0.39, 0.29) is 5.56 Å². The van der Waals surface area contributed by atoms with E-state index in [9.17, 15) is 4.79 Å². The molecule has 0 unspecified atom stereocenters. The van der Waals surface area contributed by atoms with Crippen LogP contribution in [0.3, 0.4) is 0 Å². The van der Waals surface area contributed by atoms with Gasteiger partial charge in [-0.3, -0.25) is 4.79 Å². The first-order valence-electron chi connectivity index (χ1n) is 12.0. The van der Waals surface area contributed by atoms with E-state index in [0.29, 0.717) is 5.92 Å². The highest BCUT2D eigenvalue weighted by molar-refractivity contribution is 7.23. The van der Waals surface area contributed by atoms with Crippen molar-refractivity contribution in [1.82, 2.24) is 14.0 Å². The van der Waals surface area contributed by atoms with E-state index in [1.54, 1.807) is 15.7 Å².